The number of nitrogen functional groups attached to an aromatic ring is 1. The first-order chi connectivity index (χ1) is 8.13. The van der Waals surface area contributed by atoms with E-state index in [0.717, 1.165) is 11.1 Å². The van der Waals surface area contributed by atoms with Gasteiger partial charge in [-0.2, -0.15) is 0 Å². The average Bonchev–Trinajstić information content (AvgIpc) is 2.64. The normalized spacial score (nSPS) is 10.7. The van der Waals surface area contributed by atoms with E-state index in [2.05, 4.69) is 14.7 Å². The number of fused-ring (bicyclic) bond motifs is 1. The third-order valence-electron chi connectivity index (χ3n) is 2.63. The highest BCUT2D eigenvalue weighted by Gasteiger charge is 2.12. The largest absolute Gasteiger partial charge is 0.469 e. The summed E-state index contributed by atoms with van der Waals surface area (Å²) in [7, 11) is 1.36. The van der Waals surface area contributed by atoms with Gasteiger partial charge in [-0.1, -0.05) is 0 Å². The lowest BCUT2D eigenvalue weighted by Gasteiger charge is -2.04. The van der Waals surface area contributed by atoms with Crippen molar-refractivity contribution in [3.05, 3.63) is 17.8 Å². The summed E-state index contributed by atoms with van der Waals surface area (Å²) in [5.74, 6) is 0.0876. The minimum absolute atomic E-state index is 0.252. The molecule has 2 aromatic heterocycles. The molecule has 90 valence electrons. The van der Waals surface area contributed by atoms with Crippen molar-refractivity contribution in [3.63, 3.8) is 0 Å². The van der Waals surface area contributed by atoms with Crippen LogP contribution in [-0.2, 0) is 16.1 Å². The van der Waals surface area contributed by atoms with Crippen LogP contribution in [-0.4, -0.2) is 27.6 Å². The molecule has 0 aliphatic rings. The fourth-order valence-corrected chi connectivity index (χ4v) is 1.68. The van der Waals surface area contributed by atoms with Crippen LogP contribution in [0.3, 0.4) is 0 Å². The Balaban J connectivity index is 2.37. The van der Waals surface area contributed by atoms with E-state index in [1.165, 1.54) is 7.11 Å². The molecule has 0 fully saturated rings. The zero-order chi connectivity index (χ0) is 12.4. The van der Waals surface area contributed by atoms with Crippen molar-refractivity contribution >= 4 is 23.1 Å². The number of ether oxygens (including phenoxy) is 1. The SMILES string of the molecule is COC(=O)CCn1c(N)nc2c(C)ccnc21. The highest BCUT2D eigenvalue weighted by atomic mass is 16.5. The Labute approximate surface area is 98.4 Å². The van der Waals surface area contributed by atoms with Gasteiger partial charge in [-0.15, -0.1) is 0 Å². The molecule has 0 unspecified atom stereocenters. The van der Waals surface area contributed by atoms with E-state index in [1.807, 2.05) is 13.0 Å². The van der Waals surface area contributed by atoms with Gasteiger partial charge in [0.15, 0.2) is 5.65 Å². The molecule has 0 bridgehead atoms. The molecule has 0 saturated heterocycles. The molecular weight excluding hydrogens is 220 g/mol. The van der Waals surface area contributed by atoms with Crippen LogP contribution < -0.4 is 5.73 Å². The van der Waals surface area contributed by atoms with Crippen molar-refractivity contribution in [1.82, 2.24) is 14.5 Å². The molecular formula is C11H14N4O2. The molecule has 0 aliphatic carbocycles. The molecule has 6 heteroatoms. The first-order valence-electron chi connectivity index (χ1n) is 5.27. The lowest BCUT2D eigenvalue weighted by molar-refractivity contribution is -0.140. The Morgan fingerprint density at radius 1 is 1.59 bits per heavy atom. The Bertz CT molecular complexity index is 562. The van der Waals surface area contributed by atoms with E-state index in [0.29, 0.717) is 18.1 Å². The second-order valence-corrected chi connectivity index (χ2v) is 3.75. The number of methoxy groups -OCH3 is 1. The van der Waals surface area contributed by atoms with Gasteiger partial charge < -0.3 is 10.5 Å². The van der Waals surface area contributed by atoms with Crippen LogP contribution >= 0.6 is 0 Å². The number of carbonyl (C=O) groups is 1. The number of anilines is 1. The van der Waals surface area contributed by atoms with E-state index in [9.17, 15) is 4.79 Å². The fourth-order valence-electron chi connectivity index (χ4n) is 1.68. The Kier molecular flexibility index (Phi) is 2.95. The summed E-state index contributed by atoms with van der Waals surface area (Å²) >= 11 is 0. The maximum Gasteiger partial charge on any atom is 0.307 e. The highest BCUT2D eigenvalue weighted by Crippen LogP contribution is 2.18. The topological polar surface area (TPSA) is 83.0 Å². The molecule has 0 saturated carbocycles. The van der Waals surface area contributed by atoms with Crippen LogP contribution in [0.4, 0.5) is 5.95 Å². The van der Waals surface area contributed by atoms with Gasteiger partial charge in [-0.3, -0.25) is 9.36 Å². The summed E-state index contributed by atoms with van der Waals surface area (Å²) in [4.78, 5) is 19.6. The van der Waals surface area contributed by atoms with Crippen LogP contribution in [0.2, 0.25) is 0 Å². The predicted octanol–water partition coefficient (Wildman–Crippen LogP) is 0.885. The van der Waals surface area contributed by atoms with Gasteiger partial charge in [-0.05, 0) is 18.6 Å². The minimum atomic E-state index is -0.279. The molecule has 0 radical (unpaired) electrons. The number of aromatic nitrogens is 3. The number of imidazole rings is 1. The molecule has 0 aromatic carbocycles. The van der Waals surface area contributed by atoms with E-state index in [-0.39, 0.29) is 12.4 Å². The molecule has 0 aliphatic heterocycles. The van der Waals surface area contributed by atoms with Crippen molar-refractivity contribution < 1.29 is 9.53 Å². The van der Waals surface area contributed by atoms with Gasteiger partial charge in [0.2, 0.25) is 5.95 Å². The number of carbonyl (C=O) groups excluding carboxylic acids is 1. The van der Waals surface area contributed by atoms with Crippen molar-refractivity contribution in [2.75, 3.05) is 12.8 Å². The predicted molar refractivity (Wildman–Crippen MR) is 63.3 cm³/mol. The zero-order valence-electron chi connectivity index (χ0n) is 9.80. The number of hydrogen-bond acceptors (Lipinski definition) is 5. The number of esters is 1. The lowest BCUT2D eigenvalue weighted by Crippen LogP contribution is -2.09. The van der Waals surface area contributed by atoms with Gasteiger partial charge in [0.1, 0.15) is 5.52 Å². The number of nitrogens with zero attached hydrogens (tertiary/aromatic N) is 3. The molecule has 2 N–H and O–H groups in total. The lowest BCUT2D eigenvalue weighted by atomic mass is 10.3. The zero-order valence-corrected chi connectivity index (χ0v) is 9.80. The highest BCUT2D eigenvalue weighted by molar-refractivity contribution is 5.77. The number of nitrogens with two attached hydrogens (primary N) is 1. The molecule has 17 heavy (non-hydrogen) atoms. The standard InChI is InChI=1S/C11H14N4O2/c1-7-3-5-13-10-9(7)14-11(12)15(10)6-4-8(16)17-2/h3,5H,4,6H2,1-2H3,(H2,12,14). The maximum absolute atomic E-state index is 11.1. The second-order valence-electron chi connectivity index (χ2n) is 3.75. The number of aryl methyl sites for hydroxylation is 2. The van der Waals surface area contributed by atoms with E-state index in [1.54, 1.807) is 10.8 Å². The van der Waals surface area contributed by atoms with Crippen LogP contribution in [0, 0.1) is 6.92 Å². The number of hydrogen-bond donors (Lipinski definition) is 1. The molecule has 0 amide bonds. The minimum Gasteiger partial charge on any atom is -0.469 e. The molecule has 2 aromatic rings. The van der Waals surface area contributed by atoms with Crippen LogP contribution in [0.1, 0.15) is 12.0 Å². The Morgan fingerprint density at radius 2 is 2.35 bits per heavy atom. The summed E-state index contributed by atoms with van der Waals surface area (Å²) in [6, 6.07) is 1.87. The Morgan fingerprint density at radius 3 is 3.06 bits per heavy atom. The summed E-state index contributed by atoms with van der Waals surface area (Å²) in [6.07, 6.45) is 1.95. The van der Waals surface area contributed by atoms with Crippen molar-refractivity contribution in [1.29, 1.82) is 0 Å². The summed E-state index contributed by atoms with van der Waals surface area (Å²) in [5, 5.41) is 0. The van der Waals surface area contributed by atoms with Gasteiger partial charge in [0.05, 0.1) is 13.5 Å². The number of rotatable bonds is 3. The van der Waals surface area contributed by atoms with Gasteiger partial charge in [0, 0.05) is 12.7 Å². The van der Waals surface area contributed by atoms with Gasteiger partial charge >= 0.3 is 5.97 Å². The first kappa shape index (κ1) is 11.4. The molecule has 0 atom stereocenters. The third kappa shape index (κ3) is 2.06. The van der Waals surface area contributed by atoms with E-state index >= 15 is 0 Å². The van der Waals surface area contributed by atoms with E-state index in [4.69, 9.17) is 5.73 Å². The smallest absolute Gasteiger partial charge is 0.307 e. The van der Waals surface area contributed by atoms with Crippen LogP contribution in [0.25, 0.3) is 11.2 Å². The fraction of sp³-hybridized carbons (Fsp3) is 0.364. The number of pyridine rings is 1. The third-order valence-corrected chi connectivity index (χ3v) is 2.63. The second kappa shape index (κ2) is 4.40. The summed E-state index contributed by atoms with van der Waals surface area (Å²) < 4.78 is 6.31. The maximum atomic E-state index is 11.1. The summed E-state index contributed by atoms with van der Waals surface area (Å²) in [5.41, 5.74) is 8.30. The molecule has 6 nitrogen and oxygen atoms in total. The molecule has 2 rings (SSSR count). The first-order valence-corrected chi connectivity index (χ1v) is 5.27. The monoisotopic (exact) mass is 234 g/mol. The van der Waals surface area contributed by atoms with Crippen LogP contribution in [0.5, 0.6) is 0 Å². The van der Waals surface area contributed by atoms with Crippen molar-refractivity contribution in [2.24, 2.45) is 0 Å². The van der Waals surface area contributed by atoms with Gasteiger partial charge in [0.25, 0.3) is 0 Å². The van der Waals surface area contributed by atoms with E-state index < -0.39 is 0 Å². The molecule has 0 spiro atoms. The van der Waals surface area contributed by atoms with Crippen molar-refractivity contribution in [3.8, 4) is 0 Å². The Hall–Kier alpha value is -2.11. The molecule has 2 heterocycles. The summed E-state index contributed by atoms with van der Waals surface area (Å²) in [6.45, 7) is 2.37. The van der Waals surface area contributed by atoms with Crippen LogP contribution in [0.15, 0.2) is 12.3 Å². The average molecular weight is 234 g/mol. The quantitative estimate of drug-likeness (QED) is 0.797. The van der Waals surface area contributed by atoms with Crippen molar-refractivity contribution in [2.45, 2.75) is 19.9 Å². The van der Waals surface area contributed by atoms with Gasteiger partial charge in [-0.25, -0.2) is 9.97 Å².